The third kappa shape index (κ3) is 1.39. The van der Waals surface area contributed by atoms with Gasteiger partial charge in [-0.25, -0.2) is 4.98 Å². The van der Waals surface area contributed by atoms with E-state index in [4.69, 9.17) is 0 Å². The van der Waals surface area contributed by atoms with Crippen LogP contribution in [-0.2, 0) is 0 Å². The fourth-order valence-corrected chi connectivity index (χ4v) is 0.741. The molecule has 0 saturated heterocycles. The predicted octanol–water partition coefficient (Wildman–Crippen LogP) is 0.827. The summed E-state index contributed by atoms with van der Waals surface area (Å²) < 4.78 is 17.6. The summed E-state index contributed by atoms with van der Waals surface area (Å²) in [6, 6.07) is 0. The molecule has 0 radical (unpaired) electrons. The highest BCUT2D eigenvalue weighted by Crippen LogP contribution is 2.14. The second-order valence-electron chi connectivity index (χ2n) is 2.10. The number of carbonyl (C=O) groups is 1. The van der Waals surface area contributed by atoms with Crippen molar-refractivity contribution in [2.24, 2.45) is 0 Å². The van der Waals surface area contributed by atoms with E-state index in [0.29, 0.717) is 0 Å². The summed E-state index contributed by atoms with van der Waals surface area (Å²) >= 11 is 0. The van der Waals surface area contributed by atoms with E-state index in [1.165, 1.54) is 14.0 Å². The number of nitrogens with zero attached hydrogens (tertiary/aromatic N) is 2. The van der Waals surface area contributed by atoms with E-state index in [2.05, 4.69) is 14.7 Å². The van der Waals surface area contributed by atoms with Gasteiger partial charge in [0.2, 0.25) is 5.82 Å². The highest BCUT2D eigenvalue weighted by molar-refractivity contribution is 5.92. The molecular weight excluding hydrogens is 163 g/mol. The van der Waals surface area contributed by atoms with Crippen molar-refractivity contribution in [3.63, 3.8) is 0 Å². The fourth-order valence-electron chi connectivity index (χ4n) is 0.741. The second-order valence-corrected chi connectivity index (χ2v) is 2.10. The molecule has 0 spiro atoms. The van der Waals surface area contributed by atoms with Crippen LogP contribution in [0.1, 0.15) is 17.4 Å². The minimum absolute atomic E-state index is 0.213. The number of hydrogen-bond acceptors (Lipinski definition) is 4. The molecule has 0 amide bonds. The van der Waals surface area contributed by atoms with Gasteiger partial charge in [0.1, 0.15) is 12.0 Å². The van der Waals surface area contributed by atoms with Gasteiger partial charge in [-0.1, -0.05) is 0 Å². The number of methoxy groups -OCH3 is 1. The van der Waals surface area contributed by atoms with Gasteiger partial charge in [-0.2, -0.15) is 9.37 Å². The molecule has 64 valence electrons. The largest absolute Gasteiger partial charge is 0.479 e. The standard InChI is InChI=1S/C7H7FN2O2/c1-4(11)6-5(8)7(12-2)10-3-9-6/h3H,1-2H3. The second kappa shape index (κ2) is 3.25. The summed E-state index contributed by atoms with van der Waals surface area (Å²) in [7, 11) is 1.27. The summed E-state index contributed by atoms with van der Waals surface area (Å²) in [5.74, 6) is -1.48. The van der Waals surface area contributed by atoms with Crippen LogP contribution in [0.15, 0.2) is 6.33 Å². The van der Waals surface area contributed by atoms with Crippen molar-refractivity contribution in [3.05, 3.63) is 17.8 Å². The van der Waals surface area contributed by atoms with Crippen molar-refractivity contribution in [1.29, 1.82) is 0 Å². The Balaban J connectivity index is 3.23. The summed E-state index contributed by atoms with van der Waals surface area (Å²) in [5, 5.41) is 0. The lowest BCUT2D eigenvalue weighted by atomic mass is 10.3. The molecule has 0 fully saturated rings. The first-order valence-corrected chi connectivity index (χ1v) is 3.22. The SMILES string of the molecule is COc1ncnc(C(C)=O)c1F. The molecule has 12 heavy (non-hydrogen) atoms. The number of ketones is 1. The van der Waals surface area contributed by atoms with Crippen molar-refractivity contribution < 1.29 is 13.9 Å². The molecule has 0 aromatic carbocycles. The van der Waals surface area contributed by atoms with Gasteiger partial charge in [0.05, 0.1) is 7.11 Å². The Bertz CT molecular complexity index is 314. The molecule has 1 aromatic heterocycles. The highest BCUT2D eigenvalue weighted by Gasteiger charge is 2.14. The van der Waals surface area contributed by atoms with Crippen LogP contribution in [0.4, 0.5) is 4.39 Å². The molecule has 0 aliphatic rings. The topological polar surface area (TPSA) is 52.1 Å². The van der Waals surface area contributed by atoms with Crippen LogP contribution in [0.3, 0.4) is 0 Å². The normalized spacial score (nSPS) is 9.58. The van der Waals surface area contributed by atoms with E-state index >= 15 is 0 Å². The Morgan fingerprint density at radius 1 is 1.58 bits per heavy atom. The Morgan fingerprint density at radius 2 is 2.25 bits per heavy atom. The maximum absolute atomic E-state index is 13.1. The zero-order valence-electron chi connectivity index (χ0n) is 6.67. The first-order valence-electron chi connectivity index (χ1n) is 3.22. The molecule has 5 heteroatoms. The number of carbonyl (C=O) groups excluding carboxylic acids is 1. The first-order chi connectivity index (χ1) is 5.66. The molecular formula is C7H7FN2O2. The maximum atomic E-state index is 13.1. The lowest BCUT2D eigenvalue weighted by Gasteiger charge is -2.01. The Hall–Kier alpha value is -1.52. The Labute approximate surface area is 68.4 Å². The Kier molecular flexibility index (Phi) is 2.32. The Morgan fingerprint density at radius 3 is 2.75 bits per heavy atom. The minimum atomic E-state index is -0.812. The van der Waals surface area contributed by atoms with Crippen LogP contribution in [-0.4, -0.2) is 22.9 Å². The molecule has 0 unspecified atom stereocenters. The third-order valence-electron chi connectivity index (χ3n) is 1.28. The first kappa shape index (κ1) is 8.58. The van der Waals surface area contributed by atoms with Crippen LogP contribution in [0, 0.1) is 5.82 Å². The molecule has 0 atom stereocenters. The molecule has 1 rings (SSSR count). The molecule has 1 heterocycles. The molecule has 0 aliphatic carbocycles. The zero-order valence-corrected chi connectivity index (χ0v) is 6.67. The highest BCUT2D eigenvalue weighted by atomic mass is 19.1. The monoisotopic (exact) mass is 170 g/mol. The number of ether oxygens (including phenoxy) is 1. The molecule has 4 nitrogen and oxygen atoms in total. The van der Waals surface area contributed by atoms with Crippen molar-refractivity contribution in [2.45, 2.75) is 6.92 Å². The van der Waals surface area contributed by atoms with E-state index in [9.17, 15) is 9.18 Å². The lowest BCUT2D eigenvalue weighted by Crippen LogP contribution is -2.04. The fraction of sp³-hybridized carbons (Fsp3) is 0.286. The number of hydrogen-bond donors (Lipinski definition) is 0. The average molecular weight is 170 g/mol. The third-order valence-corrected chi connectivity index (χ3v) is 1.28. The molecule has 0 bridgehead atoms. The van der Waals surface area contributed by atoms with E-state index in [1.807, 2.05) is 0 Å². The quantitative estimate of drug-likeness (QED) is 0.617. The summed E-state index contributed by atoms with van der Waals surface area (Å²) in [5.41, 5.74) is -0.248. The van der Waals surface area contributed by atoms with Crippen molar-refractivity contribution >= 4 is 5.78 Å². The predicted molar refractivity (Wildman–Crippen MR) is 38.5 cm³/mol. The summed E-state index contributed by atoms with van der Waals surface area (Å²) in [6.45, 7) is 1.23. The minimum Gasteiger partial charge on any atom is -0.479 e. The van der Waals surface area contributed by atoms with Crippen LogP contribution in [0.2, 0.25) is 0 Å². The van der Waals surface area contributed by atoms with Crippen molar-refractivity contribution in [2.75, 3.05) is 7.11 Å². The summed E-state index contributed by atoms with van der Waals surface area (Å²) in [6.07, 6.45) is 1.08. The van der Waals surface area contributed by atoms with Gasteiger partial charge >= 0.3 is 0 Å². The van der Waals surface area contributed by atoms with Gasteiger partial charge in [0.25, 0.3) is 5.88 Å². The van der Waals surface area contributed by atoms with Crippen LogP contribution in [0.25, 0.3) is 0 Å². The van der Waals surface area contributed by atoms with E-state index < -0.39 is 11.6 Å². The number of Topliss-reactive ketones (excluding diaryl/α,β-unsaturated/α-hetero) is 1. The number of aromatic nitrogens is 2. The van der Waals surface area contributed by atoms with Gasteiger partial charge in [-0.15, -0.1) is 0 Å². The van der Waals surface area contributed by atoms with E-state index in [1.54, 1.807) is 0 Å². The van der Waals surface area contributed by atoms with Gasteiger partial charge < -0.3 is 4.74 Å². The van der Waals surface area contributed by atoms with Gasteiger partial charge in [0, 0.05) is 6.92 Å². The van der Waals surface area contributed by atoms with Crippen molar-refractivity contribution in [3.8, 4) is 5.88 Å². The van der Waals surface area contributed by atoms with Gasteiger partial charge in [-0.3, -0.25) is 4.79 Å². The van der Waals surface area contributed by atoms with Crippen molar-refractivity contribution in [1.82, 2.24) is 9.97 Å². The van der Waals surface area contributed by atoms with E-state index in [0.717, 1.165) is 6.33 Å². The van der Waals surface area contributed by atoms with Crippen LogP contribution in [0.5, 0.6) is 5.88 Å². The van der Waals surface area contributed by atoms with Gasteiger partial charge in [-0.05, 0) is 0 Å². The van der Waals surface area contributed by atoms with E-state index in [-0.39, 0.29) is 11.6 Å². The zero-order chi connectivity index (χ0) is 9.14. The lowest BCUT2D eigenvalue weighted by molar-refractivity contribution is 0.100. The maximum Gasteiger partial charge on any atom is 0.254 e. The molecule has 1 aromatic rings. The average Bonchev–Trinajstić information content (AvgIpc) is 2.04. The molecule has 0 N–H and O–H groups in total. The van der Waals surface area contributed by atoms with Crippen LogP contribution < -0.4 is 4.74 Å². The number of halogens is 1. The van der Waals surface area contributed by atoms with Gasteiger partial charge in [0.15, 0.2) is 5.78 Å². The smallest absolute Gasteiger partial charge is 0.254 e. The summed E-state index contributed by atoms with van der Waals surface area (Å²) in [4.78, 5) is 17.7. The molecule has 0 aliphatic heterocycles. The number of rotatable bonds is 2. The van der Waals surface area contributed by atoms with Crippen LogP contribution >= 0.6 is 0 Å². The molecule has 0 saturated carbocycles.